The van der Waals surface area contributed by atoms with Crippen LogP contribution in [0, 0.1) is 0 Å². The van der Waals surface area contributed by atoms with Crippen molar-refractivity contribution < 1.29 is 30.0 Å². The summed E-state index contributed by atoms with van der Waals surface area (Å²) in [7, 11) is 1.49. The summed E-state index contributed by atoms with van der Waals surface area (Å²) in [4.78, 5) is 11.5. The summed E-state index contributed by atoms with van der Waals surface area (Å²) < 4.78 is 4.99. The fourth-order valence-electron chi connectivity index (χ4n) is 1.38. The second-order valence-corrected chi connectivity index (χ2v) is 4.03. The smallest absolute Gasteiger partial charge is 0.269 e. The summed E-state index contributed by atoms with van der Waals surface area (Å²) in [6.07, 6.45) is -5.27. The van der Waals surface area contributed by atoms with Gasteiger partial charge in [-0.25, -0.2) is 0 Å². The highest BCUT2D eigenvalue weighted by atomic mass is 16.5. The molecule has 0 aliphatic rings. The lowest BCUT2D eigenvalue weighted by molar-refractivity contribution is -0.141. The molecule has 0 unspecified atom stereocenters. The Bertz CT molecular complexity index is 442. The van der Waals surface area contributed by atoms with Crippen LogP contribution in [0.25, 0.3) is 0 Å². The lowest BCUT2D eigenvalue weighted by Crippen LogP contribution is -2.49. The van der Waals surface area contributed by atoms with E-state index in [2.05, 4.69) is 10.9 Å². The number of hydrazine groups is 1. The van der Waals surface area contributed by atoms with Crippen LogP contribution in [0.1, 0.15) is 0 Å². The van der Waals surface area contributed by atoms with E-state index in [1.165, 1.54) is 7.11 Å². The van der Waals surface area contributed by atoms with Crippen LogP contribution in [0.2, 0.25) is 0 Å². The number of rotatable bonds is 7. The number of nitrogens with one attached hydrogen (secondary N) is 2. The first-order chi connectivity index (χ1) is 9.49. The lowest BCUT2D eigenvalue weighted by atomic mass is 10.1. The minimum Gasteiger partial charge on any atom is -0.497 e. The van der Waals surface area contributed by atoms with Crippen molar-refractivity contribution in [2.75, 3.05) is 19.1 Å². The summed E-state index contributed by atoms with van der Waals surface area (Å²) in [6.45, 7) is -0.769. The Morgan fingerprint density at radius 2 is 2.05 bits per heavy atom. The SMILES string of the molecule is COc1cccc(NNC(=O)[C@@H](O)[C@@H](O)[C@H](O)CO)c1. The Labute approximate surface area is 115 Å². The van der Waals surface area contributed by atoms with E-state index in [-0.39, 0.29) is 0 Å². The zero-order chi connectivity index (χ0) is 15.1. The van der Waals surface area contributed by atoms with Crippen LogP contribution >= 0.6 is 0 Å². The molecule has 6 N–H and O–H groups in total. The highest BCUT2D eigenvalue weighted by Gasteiger charge is 2.29. The van der Waals surface area contributed by atoms with Crippen LogP contribution < -0.4 is 15.6 Å². The van der Waals surface area contributed by atoms with Crippen molar-refractivity contribution in [1.82, 2.24) is 5.43 Å². The number of hydrogen-bond acceptors (Lipinski definition) is 7. The van der Waals surface area contributed by atoms with Gasteiger partial charge in [-0.15, -0.1) is 0 Å². The van der Waals surface area contributed by atoms with Crippen molar-refractivity contribution in [2.24, 2.45) is 0 Å². The summed E-state index contributed by atoms with van der Waals surface area (Å²) in [5.41, 5.74) is 5.18. The first kappa shape index (κ1) is 16.2. The van der Waals surface area contributed by atoms with Gasteiger partial charge in [0.1, 0.15) is 18.0 Å². The minimum atomic E-state index is -1.88. The summed E-state index contributed by atoms with van der Waals surface area (Å²) >= 11 is 0. The molecule has 1 amide bonds. The molecule has 8 heteroatoms. The third-order valence-electron chi connectivity index (χ3n) is 2.57. The largest absolute Gasteiger partial charge is 0.497 e. The number of aliphatic hydroxyl groups excluding tert-OH is 4. The van der Waals surface area contributed by atoms with E-state index in [0.29, 0.717) is 11.4 Å². The van der Waals surface area contributed by atoms with E-state index in [0.717, 1.165) is 0 Å². The molecule has 0 heterocycles. The predicted octanol–water partition coefficient (Wildman–Crippen LogP) is -1.79. The number of anilines is 1. The second-order valence-electron chi connectivity index (χ2n) is 4.03. The van der Waals surface area contributed by atoms with Crippen LogP contribution in [0.4, 0.5) is 5.69 Å². The molecule has 0 radical (unpaired) electrons. The fourth-order valence-corrected chi connectivity index (χ4v) is 1.38. The van der Waals surface area contributed by atoms with Crippen molar-refractivity contribution >= 4 is 11.6 Å². The molecule has 20 heavy (non-hydrogen) atoms. The number of carbonyl (C=O) groups excluding carboxylic acids is 1. The third-order valence-corrected chi connectivity index (χ3v) is 2.57. The molecule has 3 atom stereocenters. The number of methoxy groups -OCH3 is 1. The maximum atomic E-state index is 11.5. The van der Waals surface area contributed by atoms with Crippen LogP contribution in [0.3, 0.4) is 0 Å². The Kier molecular flexibility index (Phi) is 6.19. The van der Waals surface area contributed by atoms with E-state index in [1.54, 1.807) is 24.3 Å². The van der Waals surface area contributed by atoms with Gasteiger partial charge >= 0.3 is 0 Å². The molecule has 0 bridgehead atoms. The normalized spacial score (nSPS) is 15.1. The molecule has 0 spiro atoms. The molecule has 0 aromatic heterocycles. The van der Waals surface area contributed by atoms with E-state index >= 15 is 0 Å². The van der Waals surface area contributed by atoms with Gasteiger partial charge in [0.25, 0.3) is 5.91 Å². The van der Waals surface area contributed by atoms with Crippen LogP contribution in [-0.2, 0) is 4.79 Å². The predicted molar refractivity (Wildman–Crippen MR) is 69.9 cm³/mol. The quantitative estimate of drug-likeness (QED) is 0.326. The van der Waals surface area contributed by atoms with Crippen LogP contribution in [0.15, 0.2) is 24.3 Å². The highest BCUT2D eigenvalue weighted by Crippen LogP contribution is 2.15. The van der Waals surface area contributed by atoms with Gasteiger partial charge in [-0.1, -0.05) is 6.07 Å². The number of ether oxygens (including phenoxy) is 1. The van der Waals surface area contributed by atoms with Gasteiger partial charge in [0.05, 0.1) is 19.4 Å². The monoisotopic (exact) mass is 286 g/mol. The minimum absolute atomic E-state index is 0.502. The zero-order valence-corrected chi connectivity index (χ0v) is 10.9. The average molecular weight is 286 g/mol. The standard InChI is InChI=1S/C12H18N2O6/c1-20-8-4-2-3-7(5-8)13-14-12(19)11(18)10(17)9(16)6-15/h2-5,9-11,13,15-18H,6H2,1H3,(H,14,19)/t9-,10+,11+/m1/s1. The topological polar surface area (TPSA) is 131 Å². The Morgan fingerprint density at radius 3 is 2.65 bits per heavy atom. The molecule has 8 nitrogen and oxygen atoms in total. The number of carbonyl (C=O) groups is 1. The maximum Gasteiger partial charge on any atom is 0.269 e. The zero-order valence-electron chi connectivity index (χ0n) is 10.9. The molecule has 1 aromatic carbocycles. The van der Waals surface area contributed by atoms with Crippen molar-refractivity contribution in [1.29, 1.82) is 0 Å². The van der Waals surface area contributed by atoms with Crippen molar-refractivity contribution in [3.05, 3.63) is 24.3 Å². The molecule has 0 saturated heterocycles. The third kappa shape index (κ3) is 4.35. The van der Waals surface area contributed by atoms with E-state index < -0.39 is 30.8 Å². The lowest BCUT2D eigenvalue weighted by Gasteiger charge is -2.21. The highest BCUT2D eigenvalue weighted by molar-refractivity contribution is 5.82. The average Bonchev–Trinajstić information content (AvgIpc) is 2.50. The van der Waals surface area contributed by atoms with E-state index in [9.17, 15) is 15.0 Å². The first-order valence-electron chi connectivity index (χ1n) is 5.84. The van der Waals surface area contributed by atoms with E-state index in [1.807, 2.05) is 0 Å². The van der Waals surface area contributed by atoms with Crippen LogP contribution in [0.5, 0.6) is 5.75 Å². The number of hydrogen-bond donors (Lipinski definition) is 6. The Balaban J connectivity index is 2.53. The van der Waals surface area contributed by atoms with Crippen LogP contribution in [-0.4, -0.2) is 58.4 Å². The van der Waals surface area contributed by atoms with Gasteiger partial charge in [0.15, 0.2) is 6.10 Å². The van der Waals surface area contributed by atoms with Crippen molar-refractivity contribution in [2.45, 2.75) is 18.3 Å². The molecule has 112 valence electrons. The fraction of sp³-hybridized carbons (Fsp3) is 0.417. The van der Waals surface area contributed by atoms with Gasteiger partial charge < -0.3 is 25.2 Å². The molecule has 1 rings (SSSR count). The van der Waals surface area contributed by atoms with Gasteiger partial charge in [-0.2, -0.15) is 0 Å². The molecule has 0 saturated carbocycles. The van der Waals surface area contributed by atoms with E-state index in [4.69, 9.17) is 14.9 Å². The maximum absolute atomic E-state index is 11.5. The van der Waals surface area contributed by atoms with Crippen molar-refractivity contribution in [3.8, 4) is 5.75 Å². The van der Waals surface area contributed by atoms with Gasteiger partial charge in [0, 0.05) is 6.07 Å². The molecular formula is C12H18N2O6. The van der Waals surface area contributed by atoms with Crippen molar-refractivity contribution in [3.63, 3.8) is 0 Å². The van der Waals surface area contributed by atoms with Gasteiger partial charge in [-0.3, -0.25) is 15.6 Å². The number of aliphatic hydroxyl groups is 4. The van der Waals surface area contributed by atoms with Gasteiger partial charge in [-0.05, 0) is 12.1 Å². The second kappa shape index (κ2) is 7.65. The number of amides is 1. The summed E-state index contributed by atoms with van der Waals surface area (Å²) in [5, 5.41) is 36.6. The molecule has 0 aliphatic carbocycles. The molecule has 0 aliphatic heterocycles. The van der Waals surface area contributed by atoms with Gasteiger partial charge in [0.2, 0.25) is 0 Å². The summed E-state index contributed by atoms with van der Waals surface area (Å²) in [5.74, 6) is -0.381. The molecule has 1 aromatic rings. The Morgan fingerprint density at radius 1 is 1.35 bits per heavy atom. The first-order valence-corrected chi connectivity index (χ1v) is 5.84. The molecule has 0 fully saturated rings. The Hall–Kier alpha value is -1.87. The number of benzene rings is 1. The molecular weight excluding hydrogens is 268 g/mol. The summed E-state index contributed by atoms with van der Waals surface area (Å²) in [6, 6.07) is 6.65.